The van der Waals surface area contributed by atoms with Crippen LogP contribution in [0.5, 0.6) is 0 Å². The fourth-order valence-corrected chi connectivity index (χ4v) is 2.64. The van der Waals surface area contributed by atoms with Crippen LogP contribution < -0.4 is 0 Å². The lowest BCUT2D eigenvalue weighted by Crippen LogP contribution is -2.02. The molecule has 2 N–H and O–H groups in total. The number of aliphatic hydroxyl groups is 1. The third kappa shape index (κ3) is 20.4. The Morgan fingerprint density at radius 1 is 1.11 bits per heavy atom. The van der Waals surface area contributed by atoms with Gasteiger partial charge in [-0.25, -0.2) is 0 Å². The van der Waals surface area contributed by atoms with Crippen LogP contribution in [0.1, 0.15) is 71.1 Å². The Morgan fingerprint density at radius 3 is 2.63 bits per heavy atom. The summed E-state index contributed by atoms with van der Waals surface area (Å²) in [4.78, 5) is 10.3. The lowest BCUT2D eigenvalue weighted by atomic mass is 10.1. The van der Waals surface area contributed by atoms with Crippen molar-refractivity contribution in [3.8, 4) is 23.7 Å². The molecule has 1 atom stereocenters. The van der Waals surface area contributed by atoms with E-state index in [2.05, 4.69) is 52.6 Å². The van der Waals surface area contributed by atoms with Crippen LogP contribution in [0.3, 0.4) is 0 Å². The molecule has 4 heteroatoms. The van der Waals surface area contributed by atoms with Gasteiger partial charge in [0.2, 0.25) is 0 Å². The summed E-state index contributed by atoms with van der Waals surface area (Å²) in [5.41, 5.74) is 0. The van der Waals surface area contributed by atoms with E-state index < -0.39 is 12.1 Å². The molecular weight excluding hydrogens is 404 g/mol. The SMILES string of the molecule is CCC/C=C/C(Br)=C/C(O)CCCCCC/C=C/C#CC#CCCC(=O)O. The monoisotopic (exact) mass is 434 g/mol. The quantitative estimate of drug-likeness (QED) is 0.220. The highest BCUT2D eigenvalue weighted by molar-refractivity contribution is 9.11. The van der Waals surface area contributed by atoms with Crippen LogP contribution >= 0.6 is 15.9 Å². The number of carboxylic acid groups (broad SMARTS) is 1. The van der Waals surface area contributed by atoms with Gasteiger partial charge in [0.05, 0.1) is 12.5 Å². The first-order valence-electron chi connectivity index (χ1n) is 9.63. The molecule has 0 heterocycles. The van der Waals surface area contributed by atoms with Crippen LogP contribution in [-0.4, -0.2) is 22.3 Å². The molecule has 0 spiro atoms. The number of carbonyl (C=O) groups is 1. The number of rotatable bonds is 13. The second-order valence-corrected chi connectivity index (χ2v) is 7.08. The normalized spacial score (nSPS) is 12.5. The van der Waals surface area contributed by atoms with E-state index in [1.165, 1.54) is 0 Å². The molecule has 0 aliphatic carbocycles. The van der Waals surface area contributed by atoms with Crippen molar-refractivity contribution < 1.29 is 15.0 Å². The summed E-state index contributed by atoms with van der Waals surface area (Å²) < 4.78 is 0.946. The molecule has 3 nitrogen and oxygen atoms in total. The van der Waals surface area contributed by atoms with E-state index in [9.17, 15) is 9.90 Å². The van der Waals surface area contributed by atoms with E-state index in [1.807, 2.05) is 18.2 Å². The first-order valence-corrected chi connectivity index (χ1v) is 10.4. The van der Waals surface area contributed by atoms with Crippen LogP contribution in [0.2, 0.25) is 0 Å². The molecule has 0 rings (SSSR count). The molecule has 0 aliphatic rings. The zero-order chi connectivity index (χ0) is 20.2. The molecule has 0 radical (unpaired) electrons. The molecule has 0 aromatic carbocycles. The van der Waals surface area contributed by atoms with E-state index in [-0.39, 0.29) is 6.42 Å². The lowest BCUT2D eigenvalue weighted by molar-refractivity contribution is -0.136. The number of allylic oxidation sites excluding steroid dienone is 5. The maximum atomic E-state index is 10.3. The largest absolute Gasteiger partial charge is 0.481 e. The van der Waals surface area contributed by atoms with Crippen LogP contribution in [0, 0.1) is 23.7 Å². The Morgan fingerprint density at radius 2 is 1.89 bits per heavy atom. The average Bonchev–Trinajstić information content (AvgIpc) is 2.62. The van der Waals surface area contributed by atoms with Crippen LogP contribution in [-0.2, 0) is 4.79 Å². The maximum absolute atomic E-state index is 10.3. The van der Waals surface area contributed by atoms with Crippen molar-refractivity contribution in [3.05, 3.63) is 34.9 Å². The van der Waals surface area contributed by atoms with Gasteiger partial charge in [-0.3, -0.25) is 4.79 Å². The Kier molecular flexibility index (Phi) is 17.8. The fourth-order valence-electron chi connectivity index (χ4n) is 2.15. The first kappa shape index (κ1) is 25.2. The molecule has 0 saturated carbocycles. The summed E-state index contributed by atoms with van der Waals surface area (Å²) in [6.07, 6.45) is 18.1. The minimum atomic E-state index is -0.837. The van der Waals surface area contributed by atoms with E-state index in [1.54, 1.807) is 6.08 Å². The van der Waals surface area contributed by atoms with Gasteiger partial charge in [-0.15, -0.1) is 0 Å². The number of carboxylic acids is 1. The summed E-state index contributed by atoms with van der Waals surface area (Å²) in [6.45, 7) is 2.14. The fraction of sp³-hybridized carbons (Fsp3) is 0.522. The van der Waals surface area contributed by atoms with E-state index in [0.29, 0.717) is 6.42 Å². The van der Waals surface area contributed by atoms with Crippen molar-refractivity contribution >= 4 is 21.9 Å². The smallest absolute Gasteiger partial charge is 0.304 e. The summed E-state index contributed by atoms with van der Waals surface area (Å²) >= 11 is 3.46. The minimum absolute atomic E-state index is 0.0606. The zero-order valence-corrected chi connectivity index (χ0v) is 17.8. The first-order chi connectivity index (χ1) is 13.1. The van der Waals surface area contributed by atoms with Crippen molar-refractivity contribution in [2.45, 2.75) is 77.2 Å². The minimum Gasteiger partial charge on any atom is -0.481 e. The van der Waals surface area contributed by atoms with Crippen LogP contribution in [0.4, 0.5) is 0 Å². The van der Waals surface area contributed by atoms with Gasteiger partial charge < -0.3 is 10.2 Å². The molecule has 0 amide bonds. The summed E-state index contributed by atoms with van der Waals surface area (Å²) in [5.74, 6) is 10.0. The third-order valence-corrected chi connectivity index (χ3v) is 4.12. The van der Waals surface area contributed by atoms with Crippen molar-refractivity contribution in [3.63, 3.8) is 0 Å². The Balaban J connectivity index is 3.69. The Labute approximate surface area is 172 Å². The maximum Gasteiger partial charge on any atom is 0.304 e. The molecule has 27 heavy (non-hydrogen) atoms. The molecule has 0 saturated heterocycles. The molecule has 0 fully saturated rings. The topological polar surface area (TPSA) is 57.5 Å². The number of aliphatic carboxylic acids is 1. The Hall–Kier alpha value is -1.75. The predicted octanol–water partition coefficient (Wildman–Crippen LogP) is 5.75. The highest BCUT2D eigenvalue weighted by Gasteiger charge is 2.00. The van der Waals surface area contributed by atoms with Crippen molar-refractivity contribution in [1.82, 2.24) is 0 Å². The number of hydrogen-bond donors (Lipinski definition) is 2. The van der Waals surface area contributed by atoms with Gasteiger partial charge in [0.15, 0.2) is 0 Å². The second-order valence-electron chi connectivity index (χ2n) is 6.17. The highest BCUT2D eigenvalue weighted by atomic mass is 79.9. The number of aliphatic hydroxyl groups excluding tert-OH is 1. The van der Waals surface area contributed by atoms with E-state index >= 15 is 0 Å². The molecule has 0 bridgehead atoms. The van der Waals surface area contributed by atoms with Crippen molar-refractivity contribution in [2.24, 2.45) is 0 Å². The number of halogens is 1. The van der Waals surface area contributed by atoms with Crippen molar-refractivity contribution in [1.29, 1.82) is 0 Å². The van der Waals surface area contributed by atoms with E-state index in [0.717, 1.165) is 55.8 Å². The Bertz CT molecular complexity index is 609. The predicted molar refractivity (Wildman–Crippen MR) is 116 cm³/mol. The van der Waals surface area contributed by atoms with Gasteiger partial charge in [0, 0.05) is 10.9 Å². The molecule has 148 valence electrons. The van der Waals surface area contributed by atoms with Gasteiger partial charge in [-0.1, -0.05) is 78.6 Å². The standard InChI is InChI=1S/C23H31BrO3/c1-2-3-14-17-21(24)20-22(25)18-15-12-10-8-6-4-5-7-9-11-13-16-19-23(26)27/h4-5,14,17,20,22,25H,2-3,6,8,10,12,15-16,18-19H2,1H3,(H,26,27)/b5-4+,17-14+,21-20-. The summed E-state index contributed by atoms with van der Waals surface area (Å²) in [7, 11) is 0. The number of hydrogen-bond acceptors (Lipinski definition) is 2. The molecular formula is C23H31BrO3. The van der Waals surface area contributed by atoms with Gasteiger partial charge >= 0.3 is 5.97 Å². The van der Waals surface area contributed by atoms with Gasteiger partial charge in [-0.05, 0) is 49.7 Å². The van der Waals surface area contributed by atoms with E-state index in [4.69, 9.17) is 5.11 Å². The third-order valence-electron chi connectivity index (χ3n) is 3.59. The molecule has 0 aromatic rings. The zero-order valence-electron chi connectivity index (χ0n) is 16.2. The number of unbranched alkanes of at least 4 members (excludes halogenated alkanes) is 5. The molecule has 1 unspecified atom stereocenters. The van der Waals surface area contributed by atoms with Gasteiger partial charge in [-0.2, -0.15) is 0 Å². The highest BCUT2D eigenvalue weighted by Crippen LogP contribution is 2.13. The van der Waals surface area contributed by atoms with Gasteiger partial charge in [0.25, 0.3) is 0 Å². The van der Waals surface area contributed by atoms with Crippen LogP contribution in [0.15, 0.2) is 34.9 Å². The average molecular weight is 435 g/mol. The summed E-state index contributed by atoms with van der Waals surface area (Å²) in [5, 5.41) is 18.4. The summed E-state index contributed by atoms with van der Waals surface area (Å²) in [6, 6.07) is 0. The molecule has 0 aromatic heterocycles. The van der Waals surface area contributed by atoms with Crippen LogP contribution in [0.25, 0.3) is 0 Å². The van der Waals surface area contributed by atoms with Gasteiger partial charge in [0.1, 0.15) is 0 Å². The molecule has 0 aliphatic heterocycles. The lowest BCUT2D eigenvalue weighted by Gasteiger charge is -2.05. The van der Waals surface area contributed by atoms with Crippen molar-refractivity contribution in [2.75, 3.05) is 0 Å². The second kappa shape index (κ2) is 19.0.